The number of nitrogens with zero attached hydrogens (tertiary/aromatic N) is 1. The molecule has 0 N–H and O–H groups in total. The summed E-state index contributed by atoms with van der Waals surface area (Å²) in [5, 5.41) is 0. The molecule has 4 nitrogen and oxygen atoms in total. The second kappa shape index (κ2) is 11.0. The lowest BCUT2D eigenvalue weighted by Gasteiger charge is -2.46. The average molecular weight is 530 g/mol. The molecule has 0 spiro atoms. The van der Waals surface area contributed by atoms with Crippen molar-refractivity contribution in [2.45, 2.75) is 62.6 Å². The normalized spacial score (nSPS) is 24.1. The second-order valence-electron chi connectivity index (χ2n) is 9.66. The van der Waals surface area contributed by atoms with Gasteiger partial charge in [-0.3, -0.25) is 9.69 Å². The number of likely N-dealkylation sites (tertiary alicyclic amines) is 1. The van der Waals surface area contributed by atoms with Gasteiger partial charge in [-0.25, -0.2) is 0 Å². The molecule has 4 rings (SSSR count). The highest BCUT2D eigenvalue weighted by molar-refractivity contribution is 5.69. The van der Waals surface area contributed by atoms with Crippen LogP contribution >= 0.6 is 0 Å². The summed E-state index contributed by atoms with van der Waals surface area (Å²) in [5.41, 5.74) is -0.206. The summed E-state index contributed by atoms with van der Waals surface area (Å²) >= 11 is 0. The van der Waals surface area contributed by atoms with E-state index in [4.69, 9.17) is 9.47 Å². The molecule has 2 aliphatic heterocycles. The number of halogens is 6. The van der Waals surface area contributed by atoms with Crippen LogP contribution in [0, 0.1) is 5.92 Å². The van der Waals surface area contributed by atoms with Crippen molar-refractivity contribution in [3.8, 4) is 0 Å². The Hall–Kier alpha value is -2.59. The van der Waals surface area contributed by atoms with Crippen LogP contribution in [0.25, 0.3) is 0 Å². The van der Waals surface area contributed by atoms with Gasteiger partial charge in [-0.15, -0.1) is 0 Å². The Morgan fingerprint density at radius 3 is 2.08 bits per heavy atom. The van der Waals surface area contributed by atoms with Gasteiger partial charge in [-0.1, -0.05) is 24.3 Å². The van der Waals surface area contributed by atoms with Gasteiger partial charge in [0.1, 0.15) is 0 Å². The lowest BCUT2D eigenvalue weighted by molar-refractivity contribution is -0.142. The minimum atomic E-state index is -4.47. The van der Waals surface area contributed by atoms with E-state index in [1.54, 1.807) is 0 Å². The first-order valence-electron chi connectivity index (χ1n) is 12.3. The minimum absolute atomic E-state index is 0.0475. The monoisotopic (exact) mass is 529 g/mol. The molecule has 2 fully saturated rings. The molecule has 2 saturated heterocycles. The maximum Gasteiger partial charge on any atom is 0.416 e. The predicted octanol–water partition coefficient (Wildman–Crippen LogP) is 6.96. The van der Waals surface area contributed by atoms with Gasteiger partial charge >= 0.3 is 18.3 Å². The molecule has 0 aromatic heterocycles. The van der Waals surface area contributed by atoms with Crippen LogP contribution in [0.4, 0.5) is 26.3 Å². The van der Waals surface area contributed by atoms with Crippen LogP contribution in [0.5, 0.6) is 0 Å². The highest BCUT2D eigenvalue weighted by Gasteiger charge is 2.41. The van der Waals surface area contributed by atoms with Gasteiger partial charge in [0, 0.05) is 19.1 Å². The maximum absolute atomic E-state index is 13.2. The van der Waals surface area contributed by atoms with Crippen LogP contribution in [-0.4, -0.2) is 37.2 Å². The Kier molecular flexibility index (Phi) is 8.18. The smallest absolute Gasteiger partial charge is 0.416 e. The van der Waals surface area contributed by atoms with Crippen molar-refractivity contribution in [3.05, 3.63) is 70.8 Å². The fourth-order valence-electron chi connectivity index (χ4n) is 5.46. The van der Waals surface area contributed by atoms with E-state index in [0.29, 0.717) is 43.5 Å². The van der Waals surface area contributed by atoms with E-state index in [9.17, 15) is 31.1 Å². The number of benzene rings is 2. The van der Waals surface area contributed by atoms with E-state index in [1.807, 2.05) is 0 Å². The summed E-state index contributed by atoms with van der Waals surface area (Å²) in [5.74, 6) is -0.406. The summed E-state index contributed by atoms with van der Waals surface area (Å²) in [4.78, 5) is 14.1. The highest BCUT2D eigenvalue weighted by Crippen LogP contribution is 2.45. The average Bonchev–Trinajstić information content (AvgIpc) is 3.38. The van der Waals surface area contributed by atoms with E-state index in [1.165, 1.54) is 31.4 Å². The molecule has 2 aromatic carbocycles. The molecular weight excluding hydrogens is 500 g/mol. The number of alkyl halides is 6. The maximum atomic E-state index is 13.2. The zero-order valence-electron chi connectivity index (χ0n) is 20.3. The van der Waals surface area contributed by atoms with Gasteiger partial charge in [0.2, 0.25) is 0 Å². The largest absolute Gasteiger partial charge is 0.469 e. The van der Waals surface area contributed by atoms with Crippen molar-refractivity contribution in [2.24, 2.45) is 5.92 Å². The third-order valence-corrected chi connectivity index (χ3v) is 7.31. The van der Waals surface area contributed by atoms with E-state index in [-0.39, 0.29) is 30.5 Å². The van der Waals surface area contributed by atoms with Crippen molar-refractivity contribution in [3.63, 3.8) is 0 Å². The molecule has 2 heterocycles. The zero-order valence-corrected chi connectivity index (χ0v) is 20.3. The number of piperidine rings is 1. The number of methoxy groups -OCH3 is 1. The standard InChI is InChI=1S/C27H29F6NO3/c1-36-24(35)16-17-12-13-34(22(15-17)18-4-8-20(9-5-18)26(28,29)30)25(23-3-2-14-37-23)19-6-10-21(11-7-19)27(31,32)33/h4-11,17,22-23,25H,2-3,12-16H2,1H3/t17-,22+,23+,25+/m1/s1. The molecule has 202 valence electrons. The summed E-state index contributed by atoms with van der Waals surface area (Å²) in [6, 6.07) is 9.23. The number of carbonyl (C=O) groups excluding carboxylic acids is 1. The fourth-order valence-corrected chi connectivity index (χ4v) is 5.46. The first-order chi connectivity index (χ1) is 17.5. The quantitative estimate of drug-likeness (QED) is 0.300. The van der Waals surface area contributed by atoms with Crippen LogP contribution < -0.4 is 0 Å². The Balaban J connectivity index is 1.71. The number of hydrogen-bond acceptors (Lipinski definition) is 4. The summed E-state index contributed by atoms with van der Waals surface area (Å²) in [7, 11) is 1.31. The number of hydrogen-bond donors (Lipinski definition) is 0. The van der Waals surface area contributed by atoms with Gasteiger partial charge in [-0.05, 0) is 73.5 Å². The Morgan fingerprint density at radius 1 is 0.973 bits per heavy atom. The molecule has 2 aromatic rings. The highest BCUT2D eigenvalue weighted by atomic mass is 19.4. The molecule has 0 unspecified atom stereocenters. The first kappa shape index (κ1) is 27.4. The van der Waals surface area contributed by atoms with E-state index in [2.05, 4.69) is 4.90 Å². The van der Waals surface area contributed by atoms with Gasteiger partial charge < -0.3 is 9.47 Å². The molecular formula is C27H29F6NO3. The molecule has 0 aliphatic carbocycles. The lowest BCUT2D eigenvalue weighted by Crippen LogP contribution is -2.44. The summed E-state index contributed by atoms with van der Waals surface area (Å²) < 4.78 is 90.0. The van der Waals surface area contributed by atoms with Crippen LogP contribution in [0.15, 0.2) is 48.5 Å². The summed E-state index contributed by atoms with van der Waals surface area (Å²) in [6.45, 7) is 1.03. The third kappa shape index (κ3) is 6.46. The first-order valence-corrected chi connectivity index (χ1v) is 12.3. The third-order valence-electron chi connectivity index (χ3n) is 7.31. The van der Waals surface area contributed by atoms with Crippen molar-refractivity contribution in [1.29, 1.82) is 0 Å². The second-order valence-corrected chi connectivity index (χ2v) is 9.66. The Labute approximate surface area is 211 Å². The van der Waals surface area contributed by atoms with Crippen LogP contribution in [0.1, 0.15) is 66.4 Å². The summed E-state index contributed by atoms with van der Waals surface area (Å²) in [6.07, 6.45) is -6.37. The SMILES string of the molecule is COC(=O)C[C@@H]1CCN([C@@H](c2ccc(C(F)(F)F)cc2)[C@@H]2CCCO2)[C@H](c2ccc(C(F)(F)F)cc2)C1. The van der Waals surface area contributed by atoms with Crippen LogP contribution in [0.2, 0.25) is 0 Å². The van der Waals surface area contributed by atoms with Gasteiger partial charge in [0.15, 0.2) is 0 Å². The van der Waals surface area contributed by atoms with Crippen LogP contribution in [0.3, 0.4) is 0 Å². The van der Waals surface area contributed by atoms with Crippen molar-refractivity contribution in [2.75, 3.05) is 20.3 Å². The fraction of sp³-hybridized carbons (Fsp3) is 0.519. The number of carbonyl (C=O) groups is 1. The number of ether oxygens (including phenoxy) is 2. The topological polar surface area (TPSA) is 38.8 Å². The minimum Gasteiger partial charge on any atom is -0.469 e. The zero-order chi connectivity index (χ0) is 26.8. The van der Waals surface area contributed by atoms with Gasteiger partial charge in [0.25, 0.3) is 0 Å². The predicted molar refractivity (Wildman–Crippen MR) is 123 cm³/mol. The Bertz CT molecular complexity index is 1050. The molecule has 2 aliphatic rings. The van der Waals surface area contributed by atoms with Gasteiger partial charge in [0.05, 0.1) is 30.4 Å². The van der Waals surface area contributed by atoms with E-state index >= 15 is 0 Å². The molecule has 4 atom stereocenters. The van der Waals surface area contributed by atoms with Crippen molar-refractivity contribution >= 4 is 5.97 Å². The van der Waals surface area contributed by atoms with Crippen molar-refractivity contribution in [1.82, 2.24) is 4.90 Å². The van der Waals surface area contributed by atoms with Crippen LogP contribution in [-0.2, 0) is 26.6 Å². The molecule has 10 heteroatoms. The molecule has 37 heavy (non-hydrogen) atoms. The van der Waals surface area contributed by atoms with Gasteiger partial charge in [-0.2, -0.15) is 26.3 Å². The molecule has 0 bridgehead atoms. The number of rotatable bonds is 6. The van der Waals surface area contributed by atoms with E-state index in [0.717, 1.165) is 30.7 Å². The lowest BCUT2D eigenvalue weighted by atomic mass is 9.82. The number of esters is 1. The van der Waals surface area contributed by atoms with Crippen molar-refractivity contribution < 1.29 is 40.6 Å². The Morgan fingerprint density at radius 2 is 1.57 bits per heavy atom. The molecule has 0 radical (unpaired) electrons. The molecule has 0 saturated carbocycles. The van der Waals surface area contributed by atoms with E-state index < -0.39 is 29.5 Å². The molecule has 0 amide bonds.